The first-order chi connectivity index (χ1) is 12.8. The molecule has 0 unspecified atom stereocenters. The molecular weight excluding hydrogens is 340 g/mol. The number of hydrogen-bond acceptors (Lipinski definition) is 4. The standard InChI is InChI=1S/C21H30N4O2/c1-16-13-18(22)25(24-16)14-19(26)23-11-9-21(17-7-5-4-6-8-17)10-12-27-20(2,3)15-21/h4-8,13H,9-12,14-15,22H2,1-3H3,(H,23,26)/t21-/m0/s1. The number of amides is 1. The smallest absolute Gasteiger partial charge is 0.241 e. The lowest BCUT2D eigenvalue weighted by atomic mass is 9.67. The fourth-order valence-electron chi connectivity index (χ4n) is 4.20. The van der Waals surface area contributed by atoms with Crippen LogP contribution in [0.25, 0.3) is 0 Å². The van der Waals surface area contributed by atoms with Crippen LogP contribution in [0.3, 0.4) is 0 Å². The summed E-state index contributed by atoms with van der Waals surface area (Å²) in [5.41, 5.74) is 7.85. The van der Waals surface area contributed by atoms with Crippen LogP contribution in [0.5, 0.6) is 0 Å². The molecule has 2 heterocycles. The number of anilines is 1. The summed E-state index contributed by atoms with van der Waals surface area (Å²) in [5, 5.41) is 7.28. The number of nitrogens with one attached hydrogen (secondary N) is 1. The zero-order valence-corrected chi connectivity index (χ0v) is 16.5. The quantitative estimate of drug-likeness (QED) is 0.819. The molecule has 1 aliphatic heterocycles. The zero-order chi connectivity index (χ0) is 19.5. The van der Waals surface area contributed by atoms with Gasteiger partial charge in [-0.1, -0.05) is 30.3 Å². The van der Waals surface area contributed by atoms with Gasteiger partial charge in [0.2, 0.25) is 5.91 Å². The molecule has 3 N–H and O–H groups in total. The van der Waals surface area contributed by atoms with Crippen LogP contribution in [0.2, 0.25) is 0 Å². The van der Waals surface area contributed by atoms with E-state index in [0.29, 0.717) is 12.4 Å². The van der Waals surface area contributed by atoms with Gasteiger partial charge in [0.15, 0.2) is 0 Å². The molecule has 0 saturated carbocycles. The van der Waals surface area contributed by atoms with Gasteiger partial charge in [0.25, 0.3) is 0 Å². The van der Waals surface area contributed by atoms with Gasteiger partial charge in [-0.05, 0) is 45.6 Å². The zero-order valence-electron chi connectivity index (χ0n) is 16.5. The summed E-state index contributed by atoms with van der Waals surface area (Å²) in [5.74, 6) is 0.439. The minimum absolute atomic E-state index is 0.0115. The molecule has 1 atom stereocenters. The van der Waals surface area contributed by atoms with Crippen LogP contribution >= 0.6 is 0 Å². The van der Waals surface area contributed by atoms with E-state index >= 15 is 0 Å². The number of benzene rings is 1. The first kappa shape index (κ1) is 19.4. The predicted octanol–water partition coefficient (Wildman–Crippen LogP) is 2.81. The second-order valence-corrected chi connectivity index (χ2v) is 8.15. The number of ether oxygens (including phenoxy) is 1. The Morgan fingerprint density at radius 1 is 1.33 bits per heavy atom. The third-order valence-corrected chi connectivity index (χ3v) is 5.38. The van der Waals surface area contributed by atoms with E-state index in [1.54, 1.807) is 6.07 Å². The van der Waals surface area contributed by atoms with Crippen LogP contribution in [0, 0.1) is 6.92 Å². The van der Waals surface area contributed by atoms with Gasteiger partial charge in [0.05, 0.1) is 11.3 Å². The van der Waals surface area contributed by atoms with Crippen molar-refractivity contribution >= 4 is 11.7 Å². The minimum Gasteiger partial charge on any atom is -0.384 e. The molecule has 1 amide bonds. The Bertz CT molecular complexity index is 785. The molecule has 0 aliphatic carbocycles. The first-order valence-electron chi connectivity index (χ1n) is 9.56. The summed E-state index contributed by atoms with van der Waals surface area (Å²) in [4.78, 5) is 12.3. The van der Waals surface area contributed by atoms with Crippen molar-refractivity contribution in [3.8, 4) is 0 Å². The summed E-state index contributed by atoms with van der Waals surface area (Å²) < 4.78 is 7.49. The SMILES string of the molecule is Cc1cc(N)n(CC(=O)NCC[C@]2(c3ccccc3)CCOC(C)(C)C2)n1. The maximum absolute atomic E-state index is 12.3. The Morgan fingerprint density at radius 3 is 2.70 bits per heavy atom. The number of hydrogen-bond donors (Lipinski definition) is 2. The Kier molecular flexibility index (Phi) is 5.56. The third kappa shape index (κ3) is 4.69. The van der Waals surface area contributed by atoms with Gasteiger partial charge in [0, 0.05) is 24.6 Å². The van der Waals surface area contributed by atoms with Gasteiger partial charge in [-0.15, -0.1) is 0 Å². The Morgan fingerprint density at radius 2 is 2.07 bits per heavy atom. The van der Waals surface area contributed by atoms with Gasteiger partial charge in [0.1, 0.15) is 12.4 Å². The summed E-state index contributed by atoms with van der Waals surface area (Å²) in [6, 6.07) is 12.4. The number of nitrogens with two attached hydrogens (primary N) is 1. The van der Waals surface area contributed by atoms with Crippen molar-refractivity contribution in [1.82, 2.24) is 15.1 Å². The van der Waals surface area contributed by atoms with Crippen LogP contribution in [0.1, 0.15) is 44.4 Å². The second-order valence-electron chi connectivity index (χ2n) is 8.15. The molecule has 2 aromatic rings. The highest BCUT2D eigenvalue weighted by Gasteiger charge is 2.41. The lowest BCUT2D eigenvalue weighted by Crippen LogP contribution is -2.45. The van der Waals surface area contributed by atoms with E-state index in [1.807, 2.05) is 13.0 Å². The van der Waals surface area contributed by atoms with Crippen LogP contribution in [0.4, 0.5) is 5.82 Å². The topological polar surface area (TPSA) is 82.2 Å². The molecule has 0 spiro atoms. The number of rotatable bonds is 6. The van der Waals surface area contributed by atoms with E-state index < -0.39 is 0 Å². The average Bonchev–Trinajstić information content (AvgIpc) is 2.92. The van der Waals surface area contributed by atoms with Crippen molar-refractivity contribution in [3.05, 3.63) is 47.7 Å². The van der Waals surface area contributed by atoms with Crippen molar-refractivity contribution in [2.24, 2.45) is 0 Å². The highest BCUT2D eigenvalue weighted by Crippen LogP contribution is 2.43. The van der Waals surface area contributed by atoms with Gasteiger partial charge in [-0.25, -0.2) is 4.68 Å². The van der Waals surface area contributed by atoms with Crippen LogP contribution in [-0.4, -0.2) is 34.4 Å². The lowest BCUT2D eigenvalue weighted by molar-refractivity contribution is -0.122. The lowest BCUT2D eigenvalue weighted by Gasteiger charge is -2.45. The van der Waals surface area contributed by atoms with Crippen molar-refractivity contribution in [3.63, 3.8) is 0 Å². The maximum Gasteiger partial charge on any atom is 0.241 e. The summed E-state index contributed by atoms with van der Waals surface area (Å²) in [6.07, 6.45) is 2.77. The molecule has 6 nitrogen and oxygen atoms in total. The van der Waals surface area contributed by atoms with Gasteiger partial charge >= 0.3 is 0 Å². The van der Waals surface area contributed by atoms with Crippen molar-refractivity contribution in [2.75, 3.05) is 18.9 Å². The van der Waals surface area contributed by atoms with E-state index in [-0.39, 0.29) is 23.5 Å². The Hall–Kier alpha value is -2.34. The van der Waals surface area contributed by atoms with E-state index in [2.05, 4.69) is 48.5 Å². The molecule has 146 valence electrons. The maximum atomic E-state index is 12.3. The Labute approximate surface area is 161 Å². The van der Waals surface area contributed by atoms with Gasteiger partial charge in [-0.2, -0.15) is 5.10 Å². The highest BCUT2D eigenvalue weighted by atomic mass is 16.5. The minimum atomic E-state index is -0.168. The van der Waals surface area contributed by atoms with Crippen molar-refractivity contribution in [2.45, 2.75) is 57.6 Å². The largest absolute Gasteiger partial charge is 0.384 e. The van der Waals surface area contributed by atoms with E-state index in [9.17, 15) is 4.79 Å². The van der Waals surface area contributed by atoms with E-state index in [0.717, 1.165) is 31.6 Å². The molecule has 1 saturated heterocycles. The normalized spacial score (nSPS) is 21.7. The van der Waals surface area contributed by atoms with Crippen LogP contribution in [-0.2, 0) is 21.5 Å². The van der Waals surface area contributed by atoms with E-state index in [4.69, 9.17) is 10.5 Å². The molecule has 1 fully saturated rings. The number of aryl methyl sites for hydroxylation is 1. The second kappa shape index (κ2) is 7.72. The molecule has 1 aromatic carbocycles. The molecule has 1 aromatic heterocycles. The number of carbonyl (C=O) groups is 1. The fourth-order valence-corrected chi connectivity index (χ4v) is 4.20. The monoisotopic (exact) mass is 370 g/mol. The van der Waals surface area contributed by atoms with Crippen LogP contribution in [0.15, 0.2) is 36.4 Å². The predicted molar refractivity (Wildman–Crippen MR) is 106 cm³/mol. The van der Waals surface area contributed by atoms with Gasteiger partial charge in [-0.3, -0.25) is 4.79 Å². The summed E-state index contributed by atoms with van der Waals surface area (Å²) >= 11 is 0. The molecular formula is C21H30N4O2. The summed E-state index contributed by atoms with van der Waals surface area (Å²) in [6.45, 7) is 7.65. The fraction of sp³-hybridized carbons (Fsp3) is 0.524. The average molecular weight is 370 g/mol. The molecule has 3 rings (SSSR count). The van der Waals surface area contributed by atoms with Crippen LogP contribution < -0.4 is 11.1 Å². The summed E-state index contributed by atoms with van der Waals surface area (Å²) in [7, 11) is 0. The molecule has 1 aliphatic rings. The van der Waals surface area contributed by atoms with Crippen molar-refractivity contribution < 1.29 is 9.53 Å². The number of nitrogens with zero attached hydrogens (tertiary/aromatic N) is 2. The van der Waals surface area contributed by atoms with Gasteiger partial charge < -0.3 is 15.8 Å². The highest BCUT2D eigenvalue weighted by molar-refractivity contribution is 5.76. The van der Waals surface area contributed by atoms with Crippen molar-refractivity contribution in [1.29, 1.82) is 0 Å². The third-order valence-electron chi connectivity index (χ3n) is 5.38. The number of nitrogen functional groups attached to an aromatic ring is 1. The number of aromatic nitrogens is 2. The number of carbonyl (C=O) groups excluding carboxylic acids is 1. The Balaban J connectivity index is 1.65. The first-order valence-corrected chi connectivity index (χ1v) is 9.56. The molecule has 6 heteroatoms. The molecule has 0 bridgehead atoms. The van der Waals surface area contributed by atoms with E-state index in [1.165, 1.54) is 10.2 Å². The molecule has 27 heavy (non-hydrogen) atoms. The molecule has 0 radical (unpaired) electrons.